The topological polar surface area (TPSA) is 26.0 Å². The number of hydrogen-bond donors (Lipinski definition) is 0. The fourth-order valence-electron chi connectivity index (χ4n) is 5.94. The van der Waals surface area contributed by atoms with Crippen molar-refractivity contribution in [2.24, 2.45) is 0 Å². The van der Waals surface area contributed by atoms with Gasteiger partial charge < -0.3 is 4.42 Å². The van der Waals surface area contributed by atoms with Crippen molar-refractivity contribution in [3.05, 3.63) is 128 Å². The minimum atomic E-state index is 0.862. The molecule has 0 unspecified atom stereocenters. The van der Waals surface area contributed by atoms with Crippen molar-refractivity contribution in [1.29, 1.82) is 0 Å². The molecular formula is C35H21NO. The average molecular weight is 472 g/mol. The van der Waals surface area contributed by atoms with Gasteiger partial charge in [0.05, 0.1) is 0 Å². The second-order valence-corrected chi connectivity index (χ2v) is 9.55. The molecule has 0 spiro atoms. The molecule has 0 atom stereocenters. The van der Waals surface area contributed by atoms with Crippen LogP contribution in [0.5, 0.6) is 0 Å². The summed E-state index contributed by atoms with van der Waals surface area (Å²) in [6.45, 7) is 0. The molecule has 0 saturated carbocycles. The van der Waals surface area contributed by atoms with Gasteiger partial charge in [-0.15, -0.1) is 0 Å². The van der Waals surface area contributed by atoms with Crippen molar-refractivity contribution >= 4 is 21.9 Å². The van der Waals surface area contributed by atoms with Crippen molar-refractivity contribution in [2.75, 3.05) is 0 Å². The number of fused-ring (bicyclic) bond motifs is 11. The minimum absolute atomic E-state index is 0.862. The van der Waals surface area contributed by atoms with Crippen LogP contribution in [-0.4, -0.2) is 4.98 Å². The van der Waals surface area contributed by atoms with Crippen LogP contribution >= 0.6 is 0 Å². The van der Waals surface area contributed by atoms with Gasteiger partial charge >= 0.3 is 0 Å². The van der Waals surface area contributed by atoms with Crippen LogP contribution in [0.3, 0.4) is 0 Å². The first kappa shape index (κ1) is 20.3. The summed E-state index contributed by atoms with van der Waals surface area (Å²) in [5, 5.41) is 2.13. The molecule has 0 fully saturated rings. The van der Waals surface area contributed by atoms with Gasteiger partial charge in [-0.05, 0) is 73.8 Å². The van der Waals surface area contributed by atoms with Crippen LogP contribution in [0, 0.1) is 0 Å². The van der Waals surface area contributed by atoms with Gasteiger partial charge in [0.15, 0.2) is 0 Å². The normalized spacial score (nSPS) is 11.8. The molecule has 0 radical (unpaired) electrons. The van der Waals surface area contributed by atoms with E-state index >= 15 is 0 Å². The van der Waals surface area contributed by atoms with E-state index in [0.717, 1.165) is 27.5 Å². The van der Waals surface area contributed by atoms with Gasteiger partial charge in [-0.3, -0.25) is 4.98 Å². The number of hydrogen-bond acceptors (Lipinski definition) is 2. The summed E-state index contributed by atoms with van der Waals surface area (Å²) in [7, 11) is 0. The maximum absolute atomic E-state index is 6.09. The van der Waals surface area contributed by atoms with Crippen LogP contribution < -0.4 is 0 Å². The van der Waals surface area contributed by atoms with E-state index in [1.807, 2.05) is 12.3 Å². The van der Waals surface area contributed by atoms with Crippen LogP contribution in [0.25, 0.3) is 77.6 Å². The van der Waals surface area contributed by atoms with E-state index in [0.29, 0.717) is 0 Å². The highest BCUT2D eigenvalue weighted by Crippen LogP contribution is 2.50. The van der Waals surface area contributed by atoms with E-state index in [1.165, 1.54) is 50.1 Å². The van der Waals surface area contributed by atoms with Crippen molar-refractivity contribution in [3.8, 4) is 55.6 Å². The summed E-state index contributed by atoms with van der Waals surface area (Å²) < 4.78 is 6.09. The standard InChI is InChI=1S/C35H21NO/c1-2-9-25-24(8-1)26-10-3-4-11-28(26)30-15-7-14-23(35(30)29-13-6-5-12-27(25)29)22-16-17-33-31(20-22)32-21-36-19-18-34(32)37-33/h1-21H. The van der Waals surface area contributed by atoms with Crippen molar-refractivity contribution in [2.45, 2.75) is 0 Å². The first-order valence-electron chi connectivity index (χ1n) is 12.5. The van der Waals surface area contributed by atoms with Gasteiger partial charge in [0.1, 0.15) is 11.2 Å². The highest BCUT2D eigenvalue weighted by Gasteiger charge is 2.24. The molecule has 7 aromatic rings. The molecule has 2 heteroatoms. The van der Waals surface area contributed by atoms with Gasteiger partial charge in [-0.1, -0.05) is 97.1 Å². The molecule has 5 aromatic carbocycles. The van der Waals surface area contributed by atoms with Gasteiger partial charge in [0.2, 0.25) is 0 Å². The first-order chi connectivity index (χ1) is 18.4. The zero-order valence-corrected chi connectivity index (χ0v) is 20.0. The van der Waals surface area contributed by atoms with Crippen molar-refractivity contribution < 1.29 is 4.42 Å². The Labute approximate surface area is 214 Å². The van der Waals surface area contributed by atoms with E-state index in [2.05, 4.69) is 114 Å². The molecule has 1 aliphatic carbocycles. The molecule has 0 bridgehead atoms. The largest absolute Gasteiger partial charge is 0.456 e. The number of nitrogens with zero attached hydrogens (tertiary/aromatic N) is 1. The van der Waals surface area contributed by atoms with E-state index < -0.39 is 0 Å². The molecule has 1 aliphatic rings. The van der Waals surface area contributed by atoms with Crippen LogP contribution in [0.1, 0.15) is 0 Å². The Morgan fingerprint density at radius 2 is 0.973 bits per heavy atom. The predicted octanol–water partition coefficient (Wildman–Crippen LogP) is 9.63. The summed E-state index contributed by atoms with van der Waals surface area (Å²) in [6, 6.07) is 41.5. The van der Waals surface area contributed by atoms with Gasteiger partial charge in [0, 0.05) is 23.2 Å². The average Bonchev–Trinajstić information content (AvgIpc) is 3.34. The molecule has 8 rings (SSSR count). The lowest BCUT2D eigenvalue weighted by Crippen LogP contribution is -1.98. The molecular weight excluding hydrogens is 450 g/mol. The summed E-state index contributed by atoms with van der Waals surface area (Å²) in [4.78, 5) is 4.35. The minimum Gasteiger partial charge on any atom is -0.456 e. The smallest absolute Gasteiger partial charge is 0.138 e. The molecule has 0 N–H and O–H groups in total. The second-order valence-electron chi connectivity index (χ2n) is 9.55. The van der Waals surface area contributed by atoms with E-state index in [4.69, 9.17) is 4.42 Å². The monoisotopic (exact) mass is 471 g/mol. The van der Waals surface area contributed by atoms with E-state index in [-0.39, 0.29) is 0 Å². The summed E-state index contributed by atoms with van der Waals surface area (Å²) in [6.07, 6.45) is 3.67. The zero-order valence-electron chi connectivity index (χ0n) is 20.0. The number of pyridine rings is 1. The quantitative estimate of drug-likeness (QED) is 0.238. The zero-order chi connectivity index (χ0) is 24.3. The van der Waals surface area contributed by atoms with Gasteiger partial charge in [0.25, 0.3) is 0 Å². The third kappa shape index (κ3) is 2.96. The Hall–Kier alpha value is -4.95. The molecule has 2 heterocycles. The third-order valence-electron chi connectivity index (χ3n) is 7.57. The number of aromatic nitrogens is 1. The molecule has 0 saturated heterocycles. The predicted molar refractivity (Wildman–Crippen MR) is 152 cm³/mol. The fourth-order valence-corrected chi connectivity index (χ4v) is 5.94. The molecule has 2 aromatic heterocycles. The van der Waals surface area contributed by atoms with Crippen LogP contribution in [0.15, 0.2) is 132 Å². The number of benzene rings is 5. The third-order valence-corrected chi connectivity index (χ3v) is 7.57. The Morgan fingerprint density at radius 3 is 1.68 bits per heavy atom. The van der Waals surface area contributed by atoms with E-state index in [9.17, 15) is 0 Å². The molecule has 172 valence electrons. The van der Waals surface area contributed by atoms with E-state index in [1.54, 1.807) is 6.20 Å². The maximum atomic E-state index is 6.09. The lowest BCUT2D eigenvalue weighted by Gasteiger charge is -2.25. The van der Waals surface area contributed by atoms with Crippen molar-refractivity contribution in [1.82, 2.24) is 4.98 Å². The van der Waals surface area contributed by atoms with Crippen LogP contribution in [0.2, 0.25) is 0 Å². The molecule has 0 amide bonds. The number of furan rings is 1. The van der Waals surface area contributed by atoms with Gasteiger partial charge in [-0.25, -0.2) is 0 Å². The highest BCUT2D eigenvalue weighted by molar-refractivity contribution is 6.09. The summed E-state index contributed by atoms with van der Waals surface area (Å²) in [5.74, 6) is 0. The maximum Gasteiger partial charge on any atom is 0.138 e. The summed E-state index contributed by atoms with van der Waals surface area (Å²) >= 11 is 0. The second kappa shape index (κ2) is 7.78. The van der Waals surface area contributed by atoms with Crippen LogP contribution in [-0.2, 0) is 0 Å². The lowest BCUT2D eigenvalue weighted by molar-refractivity contribution is 0.668. The fraction of sp³-hybridized carbons (Fsp3) is 0. The Balaban J connectivity index is 1.49. The highest BCUT2D eigenvalue weighted by atomic mass is 16.3. The summed E-state index contributed by atoms with van der Waals surface area (Å²) in [5.41, 5.74) is 14.1. The lowest BCUT2D eigenvalue weighted by atomic mass is 9.78. The first-order valence-corrected chi connectivity index (χ1v) is 12.5. The molecule has 2 nitrogen and oxygen atoms in total. The van der Waals surface area contributed by atoms with Gasteiger partial charge in [-0.2, -0.15) is 0 Å². The Kier molecular flexibility index (Phi) is 4.26. The van der Waals surface area contributed by atoms with Crippen molar-refractivity contribution in [3.63, 3.8) is 0 Å². The SMILES string of the molecule is c1ccc2c(c1)-c1ccccc1-c1cccc(-c3ccc4oc5ccncc5c4c3)c1-c1ccccc1-2. The molecule has 37 heavy (non-hydrogen) atoms. The van der Waals surface area contributed by atoms with Crippen LogP contribution in [0.4, 0.5) is 0 Å². The Bertz CT molecular complexity index is 1990. The number of rotatable bonds is 1. The Morgan fingerprint density at radius 1 is 0.432 bits per heavy atom. The molecule has 0 aliphatic heterocycles.